The van der Waals surface area contributed by atoms with E-state index in [9.17, 15) is 0 Å². The first-order valence-electron chi connectivity index (χ1n) is 5.63. The van der Waals surface area contributed by atoms with E-state index in [2.05, 4.69) is 6.92 Å². The Morgan fingerprint density at radius 1 is 1.38 bits per heavy atom. The first-order chi connectivity index (χ1) is 6.40. The second-order valence-electron chi connectivity index (χ2n) is 4.29. The molecule has 1 aliphatic carbocycles. The van der Waals surface area contributed by atoms with Crippen molar-refractivity contribution < 1.29 is 9.16 Å². The van der Waals surface area contributed by atoms with E-state index in [1.165, 1.54) is 31.7 Å². The highest BCUT2D eigenvalue weighted by Crippen LogP contribution is 2.40. The van der Waals surface area contributed by atoms with Gasteiger partial charge in [-0.15, -0.1) is 0 Å². The van der Waals surface area contributed by atoms with E-state index in [0.29, 0.717) is 12.2 Å². The van der Waals surface area contributed by atoms with Crippen molar-refractivity contribution in [2.24, 2.45) is 5.92 Å². The Morgan fingerprint density at radius 2 is 2.31 bits per heavy atom. The Labute approximate surface area is 82.9 Å². The van der Waals surface area contributed by atoms with Crippen molar-refractivity contribution >= 4 is 9.76 Å². The standard InChI is InChI=1S/C10H20O2Si/c1-2-13-11-6-5-8-3-4-9-10(7-8)12-9/h8-10H,2-7,13H2,1H3. The predicted molar refractivity (Wildman–Crippen MR) is 55.6 cm³/mol. The third-order valence-corrected chi connectivity index (χ3v) is 4.12. The SMILES string of the molecule is CC[SiH2]OCCC1CCC2OC2C1. The molecule has 0 aromatic rings. The molecule has 0 aromatic heterocycles. The van der Waals surface area contributed by atoms with Gasteiger partial charge < -0.3 is 9.16 Å². The molecule has 13 heavy (non-hydrogen) atoms. The van der Waals surface area contributed by atoms with Gasteiger partial charge in [0.2, 0.25) is 0 Å². The van der Waals surface area contributed by atoms with Crippen molar-refractivity contribution in [2.75, 3.05) is 6.61 Å². The predicted octanol–water partition coefficient (Wildman–Crippen LogP) is 1.48. The summed E-state index contributed by atoms with van der Waals surface area (Å²) in [5.41, 5.74) is 0. The van der Waals surface area contributed by atoms with Crippen molar-refractivity contribution in [3.63, 3.8) is 0 Å². The molecule has 1 saturated heterocycles. The van der Waals surface area contributed by atoms with E-state index in [0.717, 1.165) is 12.5 Å². The van der Waals surface area contributed by atoms with Crippen LogP contribution in [0.2, 0.25) is 6.04 Å². The number of hydrogen-bond donors (Lipinski definition) is 0. The van der Waals surface area contributed by atoms with Crippen LogP contribution < -0.4 is 0 Å². The average Bonchev–Trinajstić information content (AvgIpc) is 2.90. The molecule has 76 valence electrons. The van der Waals surface area contributed by atoms with Crippen LogP contribution in [0.3, 0.4) is 0 Å². The normalized spacial score (nSPS) is 38.1. The van der Waals surface area contributed by atoms with Crippen LogP contribution >= 0.6 is 0 Å². The number of fused-ring (bicyclic) bond motifs is 1. The Hall–Kier alpha value is 0.137. The van der Waals surface area contributed by atoms with E-state index in [-0.39, 0.29) is 9.76 Å². The third kappa shape index (κ3) is 2.79. The average molecular weight is 200 g/mol. The topological polar surface area (TPSA) is 21.8 Å². The zero-order chi connectivity index (χ0) is 9.10. The number of ether oxygens (including phenoxy) is 1. The van der Waals surface area contributed by atoms with Gasteiger partial charge in [0.15, 0.2) is 9.76 Å². The van der Waals surface area contributed by atoms with Crippen LogP contribution in [0.15, 0.2) is 0 Å². The van der Waals surface area contributed by atoms with Gasteiger partial charge in [-0.1, -0.05) is 6.92 Å². The molecule has 3 heteroatoms. The fraction of sp³-hybridized carbons (Fsp3) is 1.00. The van der Waals surface area contributed by atoms with Crippen molar-refractivity contribution in [3.05, 3.63) is 0 Å². The summed E-state index contributed by atoms with van der Waals surface area (Å²) < 4.78 is 11.1. The van der Waals surface area contributed by atoms with Crippen LogP contribution in [0.4, 0.5) is 0 Å². The molecule has 3 atom stereocenters. The number of hydrogen-bond acceptors (Lipinski definition) is 2. The molecule has 0 spiro atoms. The minimum Gasteiger partial charge on any atom is -0.424 e. The summed E-state index contributed by atoms with van der Waals surface area (Å²) in [6, 6.07) is 1.28. The van der Waals surface area contributed by atoms with Gasteiger partial charge in [-0.3, -0.25) is 0 Å². The lowest BCUT2D eigenvalue weighted by Gasteiger charge is -2.18. The summed E-state index contributed by atoms with van der Waals surface area (Å²) in [6.07, 6.45) is 6.56. The molecule has 2 nitrogen and oxygen atoms in total. The Morgan fingerprint density at radius 3 is 3.08 bits per heavy atom. The van der Waals surface area contributed by atoms with Gasteiger partial charge in [-0.25, -0.2) is 0 Å². The lowest BCUT2D eigenvalue weighted by atomic mass is 9.87. The van der Waals surface area contributed by atoms with E-state index in [1.807, 2.05) is 0 Å². The molecule has 2 aliphatic rings. The summed E-state index contributed by atoms with van der Waals surface area (Å²) in [7, 11) is -0.159. The zero-order valence-corrected chi connectivity index (χ0v) is 9.91. The maximum atomic E-state index is 5.63. The van der Waals surface area contributed by atoms with E-state index in [1.54, 1.807) is 0 Å². The Balaban J connectivity index is 1.54. The second-order valence-corrected chi connectivity index (χ2v) is 6.11. The molecule has 1 aliphatic heterocycles. The molecule has 3 unspecified atom stereocenters. The highest BCUT2D eigenvalue weighted by Gasteiger charge is 2.43. The molecule has 1 saturated carbocycles. The fourth-order valence-corrected chi connectivity index (χ4v) is 2.90. The van der Waals surface area contributed by atoms with Crippen LogP contribution in [0, 0.1) is 5.92 Å². The van der Waals surface area contributed by atoms with Gasteiger partial charge >= 0.3 is 0 Å². The maximum Gasteiger partial charge on any atom is 0.161 e. The van der Waals surface area contributed by atoms with E-state index < -0.39 is 0 Å². The van der Waals surface area contributed by atoms with Crippen LogP contribution in [-0.2, 0) is 9.16 Å². The van der Waals surface area contributed by atoms with Gasteiger partial charge in [0.05, 0.1) is 12.2 Å². The molecule has 0 aromatic carbocycles. The molecule has 0 bridgehead atoms. The lowest BCUT2D eigenvalue weighted by Crippen LogP contribution is -2.15. The number of epoxide rings is 1. The molecule has 2 rings (SSSR count). The second kappa shape index (κ2) is 4.58. The van der Waals surface area contributed by atoms with Gasteiger partial charge in [0, 0.05) is 6.61 Å². The molecule has 1 heterocycles. The van der Waals surface area contributed by atoms with Gasteiger partial charge in [-0.2, -0.15) is 0 Å². The van der Waals surface area contributed by atoms with Crippen LogP contribution in [-0.4, -0.2) is 28.6 Å². The summed E-state index contributed by atoms with van der Waals surface area (Å²) in [5.74, 6) is 0.898. The zero-order valence-electron chi connectivity index (χ0n) is 8.50. The Bertz CT molecular complexity index is 163. The molecule has 2 fully saturated rings. The van der Waals surface area contributed by atoms with Crippen LogP contribution in [0.5, 0.6) is 0 Å². The van der Waals surface area contributed by atoms with Gasteiger partial charge in [0.1, 0.15) is 0 Å². The summed E-state index contributed by atoms with van der Waals surface area (Å²) in [5, 5.41) is 0. The van der Waals surface area contributed by atoms with Crippen molar-refractivity contribution in [2.45, 2.75) is 50.9 Å². The minimum absolute atomic E-state index is 0.159. The van der Waals surface area contributed by atoms with Gasteiger partial charge in [-0.05, 0) is 37.6 Å². The molecular formula is C10H20O2Si. The largest absolute Gasteiger partial charge is 0.424 e. The highest BCUT2D eigenvalue weighted by molar-refractivity contribution is 6.26. The highest BCUT2D eigenvalue weighted by atomic mass is 28.2. The molecule has 0 N–H and O–H groups in total. The van der Waals surface area contributed by atoms with E-state index in [4.69, 9.17) is 9.16 Å². The third-order valence-electron chi connectivity index (χ3n) is 3.13. The van der Waals surface area contributed by atoms with Gasteiger partial charge in [0.25, 0.3) is 0 Å². The quantitative estimate of drug-likeness (QED) is 0.381. The monoisotopic (exact) mass is 200 g/mol. The maximum absolute atomic E-state index is 5.63. The summed E-state index contributed by atoms with van der Waals surface area (Å²) >= 11 is 0. The minimum atomic E-state index is -0.159. The summed E-state index contributed by atoms with van der Waals surface area (Å²) in [4.78, 5) is 0. The molecular weight excluding hydrogens is 180 g/mol. The van der Waals surface area contributed by atoms with Crippen LogP contribution in [0.25, 0.3) is 0 Å². The molecule has 0 radical (unpaired) electrons. The van der Waals surface area contributed by atoms with E-state index >= 15 is 0 Å². The fourth-order valence-electron chi connectivity index (χ4n) is 2.25. The van der Waals surface area contributed by atoms with Crippen molar-refractivity contribution in [1.82, 2.24) is 0 Å². The Kier molecular flexibility index (Phi) is 3.41. The first kappa shape index (κ1) is 9.68. The smallest absolute Gasteiger partial charge is 0.161 e. The van der Waals surface area contributed by atoms with Crippen molar-refractivity contribution in [3.8, 4) is 0 Å². The first-order valence-corrected chi connectivity index (χ1v) is 7.21. The summed E-state index contributed by atoms with van der Waals surface area (Å²) in [6.45, 7) is 3.23. The molecule has 0 amide bonds. The lowest BCUT2D eigenvalue weighted by molar-refractivity contribution is 0.262. The van der Waals surface area contributed by atoms with Crippen molar-refractivity contribution in [1.29, 1.82) is 0 Å². The number of rotatable bonds is 5. The van der Waals surface area contributed by atoms with Crippen LogP contribution in [0.1, 0.15) is 32.6 Å².